The highest BCUT2D eigenvalue weighted by atomic mass is 16.5. The van der Waals surface area contributed by atoms with Gasteiger partial charge >= 0.3 is 0 Å². The lowest BCUT2D eigenvalue weighted by Gasteiger charge is -2.33. The van der Waals surface area contributed by atoms with Crippen molar-refractivity contribution in [2.45, 2.75) is 44.1 Å². The molecule has 0 bridgehead atoms. The van der Waals surface area contributed by atoms with E-state index < -0.39 is 0 Å². The van der Waals surface area contributed by atoms with E-state index in [1.165, 1.54) is 19.3 Å². The van der Waals surface area contributed by atoms with Crippen molar-refractivity contribution in [1.29, 1.82) is 0 Å². The van der Waals surface area contributed by atoms with Gasteiger partial charge in [-0.05, 0) is 31.4 Å². The molecule has 0 saturated heterocycles. The van der Waals surface area contributed by atoms with Crippen LogP contribution in [0, 0.1) is 0 Å². The molecule has 1 heterocycles. The van der Waals surface area contributed by atoms with Crippen LogP contribution in [0.3, 0.4) is 0 Å². The number of para-hydroxylation sites is 1. The van der Waals surface area contributed by atoms with Crippen LogP contribution in [0.4, 0.5) is 0 Å². The van der Waals surface area contributed by atoms with Gasteiger partial charge in [-0.15, -0.1) is 0 Å². The fourth-order valence-electron chi connectivity index (χ4n) is 3.06. The molecule has 2 N–H and O–H groups in total. The Morgan fingerprint density at radius 1 is 1.10 bits per heavy atom. The number of benzene rings is 1. The Hall–Kier alpha value is -1.61. The second kappa shape index (κ2) is 5.80. The second-order valence-electron chi connectivity index (χ2n) is 5.85. The van der Waals surface area contributed by atoms with E-state index in [4.69, 9.17) is 10.5 Å². The van der Waals surface area contributed by atoms with Gasteiger partial charge < -0.3 is 10.5 Å². The van der Waals surface area contributed by atoms with Crippen LogP contribution in [0.5, 0.6) is 5.75 Å². The molecule has 0 atom stereocenters. The van der Waals surface area contributed by atoms with E-state index in [1.807, 2.05) is 18.2 Å². The summed E-state index contributed by atoms with van der Waals surface area (Å²) in [6.45, 7) is 0.673. The van der Waals surface area contributed by atoms with Crippen LogP contribution >= 0.6 is 0 Å². The lowest BCUT2D eigenvalue weighted by atomic mass is 9.80. The molecule has 0 spiro atoms. The van der Waals surface area contributed by atoms with Gasteiger partial charge in [-0.3, -0.25) is 4.98 Å². The van der Waals surface area contributed by atoms with Crippen LogP contribution in [-0.4, -0.2) is 17.1 Å². The van der Waals surface area contributed by atoms with Crippen molar-refractivity contribution in [1.82, 2.24) is 4.98 Å². The van der Waals surface area contributed by atoms with Crippen molar-refractivity contribution in [2.75, 3.05) is 6.61 Å². The Morgan fingerprint density at radius 2 is 1.90 bits per heavy atom. The quantitative estimate of drug-likeness (QED) is 0.922. The maximum absolute atomic E-state index is 6.44. The number of fused-ring (bicyclic) bond motifs is 1. The van der Waals surface area contributed by atoms with Crippen molar-refractivity contribution in [3.8, 4) is 5.75 Å². The molecular weight excluding hydrogens is 248 g/mol. The molecular formula is C17H22N2O. The Kier molecular flexibility index (Phi) is 3.88. The number of ether oxygens (including phenoxy) is 1. The molecule has 1 aliphatic rings. The van der Waals surface area contributed by atoms with Crippen LogP contribution in [0.25, 0.3) is 10.9 Å². The maximum atomic E-state index is 6.44. The molecule has 0 aliphatic heterocycles. The average molecular weight is 270 g/mol. The van der Waals surface area contributed by atoms with Gasteiger partial charge in [0.1, 0.15) is 11.3 Å². The molecule has 3 heteroatoms. The Bertz CT molecular complexity index is 571. The van der Waals surface area contributed by atoms with Crippen LogP contribution in [0.15, 0.2) is 36.5 Å². The number of hydrogen-bond acceptors (Lipinski definition) is 3. The van der Waals surface area contributed by atoms with Crippen molar-refractivity contribution in [2.24, 2.45) is 5.73 Å². The summed E-state index contributed by atoms with van der Waals surface area (Å²) >= 11 is 0. The predicted molar refractivity (Wildman–Crippen MR) is 81.9 cm³/mol. The number of pyridine rings is 1. The third-order valence-corrected chi connectivity index (χ3v) is 4.30. The Balaban J connectivity index is 1.65. The van der Waals surface area contributed by atoms with E-state index in [0.717, 1.165) is 35.9 Å². The molecule has 3 rings (SSSR count). The van der Waals surface area contributed by atoms with E-state index in [0.29, 0.717) is 6.61 Å². The summed E-state index contributed by atoms with van der Waals surface area (Å²) in [5, 5.41) is 1.12. The van der Waals surface area contributed by atoms with Crippen LogP contribution in [-0.2, 0) is 0 Å². The highest BCUT2D eigenvalue weighted by Crippen LogP contribution is 2.29. The van der Waals surface area contributed by atoms with E-state index in [2.05, 4.69) is 17.1 Å². The van der Waals surface area contributed by atoms with Crippen molar-refractivity contribution in [3.63, 3.8) is 0 Å². The summed E-state index contributed by atoms with van der Waals surface area (Å²) in [6.07, 6.45) is 8.83. The first-order chi connectivity index (χ1) is 9.77. The summed E-state index contributed by atoms with van der Waals surface area (Å²) in [5.41, 5.74) is 7.36. The first kappa shape index (κ1) is 13.4. The Morgan fingerprint density at radius 3 is 2.75 bits per heavy atom. The molecule has 1 aromatic heterocycles. The van der Waals surface area contributed by atoms with Gasteiger partial charge in [-0.25, -0.2) is 0 Å². The smallest absolute Gasteiger partial charge is 0.145 e. The van der Waals surface area contributed by atoms with E-state index >= 15 is 0 Å². The monoisotopic (exact) mass is 270 g/mol. The number of rotatable bonds is 4. The molecule has 0 unspecified atom stereocenters. The molecule has 1 aliphatic carbocycles. The second-order valence-corrected chi connectivity index (χ2v) is 5.85. The average Bonchev–Trinajstić information content (AvgIpc) is 2.48. The summed E-state index contributed by atoms with van der Waals surface area (Å²) in [6, 6.07) is 10.1. The largest absolute Gasteiger partial charge is 0.491 e. The zero-order valence-electron chi connectivity index (χ0n) is 11.8. The van der Waals surface area contributed by atoms with Gasteiger partial charge in [0.2, 0.25) is 0 Å². The number of hydrogen-bond donors (Lipinski definition) is 1. The molecule has 1 fully saturated rings. The predicted octanol–water partition coefficient (Wildman–Crippen LogP) is 3.67. The fraction of sp³-hybridized carbons (Fsp3) is 0.471. The van der Waals surface area contributed by atoms with E-state index in [1.54, 1.807) is 6.20 Å². The molecule has 20 heavy (non-hydrogen) atoms. The van der Waals surface area contributed by atoms with Gasteiger partial charge in [0.25, 0.3) is 0 Å². The van der Waals surface area contributed by atoms with Crippen LogP contribution in [0.2, 0.25) is 0 Å². The molecule has 2 aromatic rings. The number of nitrogens with two attached hydrogens (primary N) is 1. The highest BCUT2D eigenvalue weighted by Gasteiger charge is 2.27. The zero-order chi connectivity index (χ0) is 13.8. The highest BCUT2D eigenvalue weighted by molar-refractivity contribution is 5.84. The minimum atomic E-state index is -0.0176. The Labute approximate surface area is 120 Å². The van der Waals surface area contributed by atoms with Crippen molar-refractivity contribution < 1.29 is 4.74 Å². The number of aromatic nitrogens is 1. The maximum Gasteiger partial charge on any atom is 0.145 e. The third kappa shape index (κ3) is 2.93. The standard InChI is InChI=1S/C17H22N2O/c18-17(9-2-1-3-10-17)11-13-20-15-8-4-6-14-7-5-12-19-16(14)15/h4-8,12H,1-3,9-11,13,18H2. The SMILES string of the molecule is NC1(CCOc2cccc3cccnc23)CCCCC1. The fourth-order valence-corrected chi connectivity index (χ4v) is 3.06. The van der Waals surface area contributed by atoms with E-state index in [-0.39, 0.29) is 5.54 Å². The molecule has 1 aromatic carbocycles. The molecule has 106 valence electrons. The van der Waals surface area contributed by atoms with Crippen LogP contribution < -0.4 is 10.5 Å². The number of nitrogens with zero attached hydrogens (tertiary/aromatic N) is 1. The first-order valence-corrected chi connectivity index (χ1v) is 7.52. The normalized spacial score (nSPS) is 18.1. The van der Waals surface area contributed by atoms with E-state index in [9.17, 15) is 0 Å². The van der Waals surface area contributed by atoms with Gasteiger partial charge in [0, 0.05) is 17.1 Å². The lowest BCUT2D eigenvalue weighted by Crippen LogP contribution is -2.42. The van der Waals surface area contributed by atoms with Crippen molar-refractivity contribution >= 4 is 10.9 Å². The van der Waals surface area contributed by atoms with Gasteiger partial charge in [0.05, 0.1) is 6.61 Å². The van der Waals surface area contributed by atoms with Gasteiger partial charge in [0.15, 0.2) is 0 Å². The minimum Gasteiger partial charge on any atom is -0.491 e. The summed E-state index contributed by atoms with van der Waals surface area (Å²) in [7, 11) is 0. The zero-order valence-corrected chi connectivity index (χ0v) is 11.8. The van der Waals surface area contributed by atoms with Crippen LogP contribution in [0.1, 0.15) is 38.5 Å². The molecule has 1 saturated carbocycles. The summed E-state index contributed by atoms with van der Waals surface area (Å²) < 4.78 is 5.94. The summed E-state index contributed by atoms with van der Waals surface area (Å²) in [5.74, 6) is 0.863. The first-order valence-electron chi connectivity index (χ1n) is 7.52. The molecule has 0 radical (unpaired) electrons. The summed E-state index contributed by atoms with van der Waals surface area (Å²) in [4.78, 5) is 4.41. The van der Waals surface area contributed by atoms with Crippen molar-refractivity contribution in [3.05, 3.63) is 36.5 Å². The topological polar surface area (TPSA) is 48.1 Å². The van der Waals surface area contributed by atoms with Gasteiger partial charge in [-0.2, -0.15) is 0 Å². The lowest BCUT2D eigenvalue weighted by molar-refractivity contribution is 0.215. The minimum absolute atomic E-state index is 0.0176. The third-order valence-electron chi connectivity index (χ3n) is 4.30. The molecule has 0 amide bonds. The molecule has 3 nitrogen and oxygen atoms in total. The van der Waals surface area contributed by atoms with Gasteiger partial charge in [-0.1, -0.05) is 37.5 Å².